The van der Waals surface area contributed by atoms with Gasteiger partial charge in [-0.2, -0.15) is 0 Å². The molecule has 6 aliphatic rings. The van der Waals surface area contributed by atoms with Gasteiger partial charge in [-0.15, -0.1) is 6.42 Å². The molecule has 4 nitrogen and oxygen atoms in total. The number of halogens is 3. The molecule has 270 valence electrons. The van der Waals surface area contributed by atoms with Gasteiger partial charge in [-0.05, 0) is 197 Å². The fourth-order valence-corrected chi connectivity index (χ4v) is 11.5. The van der Waals surface area contributed by atoms with Gasteiger partial charge in [0, 0.05) is 5.41 Å². The monoisotopic (exact) mass is 756 g/mol. The molecule has 2 aromatic rings. The highest BCUT2D eigenvalue weighted by molar-refractivity contribution is 8.24. The predicted molar refractivity (Wildman–Crippen MR) is 208 cm³/mol. The third-order valence-electron chi connectivity index (χ3n) is 14.1. The average Bonchev–Trinajstić information content (AvgIpc) is 3.59. The summed E-state index contributed by atoms with van der Waals surface area (Å²) >= 11 is 13.8. The van der Waals surface area contributed by atoms with E-state index in [0.29, 0.717) is 23.2 Å². The molecule has 0 bridgehead atoms. The van der Waals surface area contributed by atoms with Gasteiger partial charge in [-0.25, -0.2) is 0 Å². The first-order valence-electron chi connectivity index (χ1n) is 18.3. The van der Waals surface area contributed by atoms with Gasteiger partial charge in [0.25, 0.3) is 0 Å². The first kappa shape index (κ1) is 37.9. The summed E-state index contributed by atoms with van der Waals surface area (Å²) < 4.78 is 20.3. The summed E-state index contributed by atoms with van der Waals surface area (Å²) in [6, 6.07) is 13.3. The van der Waals surface area contributed by atoms with Crippen molar-refractivity contribution in [1.29, 1.82) is 0 Å². The topological polar surface area (TPSA) is 55.8 Å². The average molecular weight is 758 g/mol. The molecule has 8 rings (SSSR count). The van der Waals surface area contributed by atoms with Gasteiger partial charge in [0.2, 0.25) is 0 Å². The van der Waals surface area contributed by atoms with Gasteiger partial charge in [-0.3, -0.25) is 4.57 Å². The van der Waals surface area contributed by atoms with Crippen LogP contribution in [0.3, 0.4) is 0 Å². The van der Waals surface area contributed by atoms with E-state index in [9.17, 15) is 9.67 Å². The van der Waals surface area contributed by atoms with Gasteiger partial charge in [-0.1, -0.05) is 50.6 Å². The zero-order chi connectivity index (χ0) is 36.1. The van der Waals surface area contributed by atoms with Crippen molar-refractivity contribution in [3.05, 3.63) is 83.0 Å². The van der Waals surface area contributed by atoms with E-state index in [2.05, 4.69) is 109 Å². The van der Waals surface area contributed by atoms with Crippen LogP contribution in [0.15, 0.2) is 60.7 Å². The van der Waals surface area contributed by atoms with Crippen LogP contribution in [0.5, 0.6) is 11.5 Å². The molecule has 0 radical (unpaired) electrons. The van der Waals surface area contributed by atoms with E-state index >= 15 is 0 Å². The molecule has 0 aliphatic heterocycles. The van der Waals surface area contributed by atoms with E-state index < -0.39 is 10.8 Å². The summed E-state index contributed by atoms with van der Waals surface area (Å²) in [5, 5.41) is 7.73. The summed E-state index contributed by atoms with van der Waals surface area (Å²) in [6.45, 7) is 8.78. The molecule has 0 spiro atoms. The second kappa shape index (κ2) is 14.5. The first-order valence-corrected chi connectivity index (χ1v) is 22.7. The van der Waals surface area contributed by atoms with E-state index in [1.54, 1.807) is 19.8 Å². The van der Waals surface area contributed by atoms with Crippen LogP contribution < -0.4 is 9.47 Å². The normalized spacial score (nSPS) is 36.0. The largest absolute Gasteiger partial charge is 0.497 e. The SMILES string of the molecule is C#C[C@]1(O)CCC2C3CCc4cc(OC)ccc4C3CC[C@@]21C.C=CC1=CCC2C3CCc4cc(OC)ccc4C3CC[C@]12C.O=P(Cl)(Cl)Cl. The lowest BCUT2D eigenvalue weighted by Crippen LogP contribution is -2.50. The van der Waals surface area contributed by atoms with Crippen molar-refractivity contribution in [2.75, 3.05) is 14.2 Å². The van der Waals surface area contributed by atoms with E-state index in [-0.39, 0.29) is 5.41 Å². The fourth-order valence-electron chi connectivity index (χ4n) is 11.5. The van der Waals surface area contributed by atoms with Crippen molar-refractivity contribution in [2.24, 2.45) is 34.5 Å². The number of benzene rings is 2. The molecular formula is C42H52Cl3O4P. The predicted octanol–water partition coefficient (Wildman–Crippen LogP) is 12.0. The van der Waals surface area contributed by atoms with Crippen molar-refractivity contribution in [1.82, 2.24) is 0 Å². The van der Waals surface area contributed by atoms with Crippen molar-refractivity contribution in [3.63, 3.8) is 0 Å². The van der Waals surface area contributed by atoms with Crippen molar-refractivity contribution in [3.8, 4) is 23.8 Å². The van der Waals surface area contributed by atoms with Crippen LogP contribution in [0.1, 0.15) is 106 Å². The van der Waals surface area contributed by atoms with Crippen LogP contribution in [0.25, 0.3) is 0 Å². The van der Waals surface area contributed by atoms with E-state index in [1.807, 2.05) is 0 Å². The highest BCUT2D eigenvalue weighted by atomic mass is 36.0. The number of hydrogen-bond acceptors (Lipinski definition) is 4. The van der Waals surface area contributed by atoms with E-state index in [1.165, 1.54) is 60.8 Å². The minimum absolute atomic E-state index is 0.104. The Kier molecular flexibility index (Phi) is 11.0. The summed E-state index contributed by atoms with van der Waals surface area (Å²) in [5.74, 6) is 8.98. The Morgan fingerprint density at radius 1 is 0.860 bits per heavy atom. The maximum atomic E-state index is 11.0. The Morgan fingerprint density at radius 2 is 1.38 bits per heavy atom. The standard InChI is InChI=1S/C21H26O2.C21H26O.Cl3OP/c1-4-21(22)12-10-19-18-7-5-14-13-15(23-3)6-8-16(14)17(18)9-11-20(19,21)2;1-4-15-6-10-20-19-8-5-14-13-16(22-3)7-9-17(14)18(19)11-12-21(15,20)2;1-5(2,3)4/h1,6,8,13,17-19,22H,5,7,9-12H2,2-3H3;4,6-7,9,13,18-20H,1,5,8,10-12H2,2-3H3;/t17?,18?,19?,20-,21-;18?,19?,20?,21-;/m01./s1. The van der Waals surface area contributed by atoms with Gasteiger partial charge in [0.15, 0.2) is 0 Å². The summed E-state index contributed by atoms with van der Waals surface area (Å²) in [5.41, 5.74) is 6.99. The van der Waals surface area contributed by atoms with Crippen LogP contribution in [0.4, 0.5) is 0 Å². The molecule has 6 unspecified atom stereocenters. The summed E-state index contributed by atoms with van der Waals surface area (Å²) in [6.07, 6.45) is 23.1. The van der Waals surface area contributed by atoms with Crippen LogP contribution in [-0.2, 0) is 17.4 Å². The third-order valence-corrected chi connectivity index (χ3v) is 14.1. The smallest absolute Gasteiger partial charge is 0.339 e. The zero-order valence-corrected chi connectivity index (χ0v) is 33.1. The number of methoxy groups -OCH3 is 2. The number of rotatable bonds is 3. The Labute approximate surface area is 314 Å². The maximum Gasteiger partial charge on any atom is 0.339 e. The number of terminal acetylenes is 1. The van der Waals surface area contributed by atoms with Crippen LogP contribution in [0, 0.1) is 46.8 Å². The number of hydrogen-bond donors (Lipinski definition) is 1. The van der Waals surface area contributed by atoms with Crippen LogP contribution in [-0.4, -0.2) is 24.9 Å². The molecule has 3 saturated carbocycles. The second-order valence-electron chi connectivity index (χ2n) is 15.9. The number of aryl methyl sites for hydroxylation is 2. The minimum Gasteiger partial charge on any atom is -0.497 e. The van der Waals surface area contributed by atoms with Gasteiger partial charge >= 0.3 is 5.20 Å². The van der Waals surface area contributed by atoms with Gasteiger partial charge in [0.05, 0.1) is 14.2 Å². The molecule has 0 aromatic heterocycles. The van der Waals surface area contributed by atoms with Crippen LogP contribution in [0.2, 0.25) is 0 Å². The second-order valence-corrected chi connectivity index (χ2v) is 22.6. The van der Waals surface area contributed by atoms with Crippen molar-refractivity contribution in [2.45, 2.75) is 102 Å². The Morgan fingerprint density at radius 3 is 1.88 bits per heavy atom. The third kappa shape index (κ3) is 6.85. The molecular weight excluding hydrogens is 706 g/mol. The quantitative estimate of drug-likeness (QED) is 0.250. The highest BCUT2D eigenvalue weighted by Gasteiger charge is 2.61. The van der Waals surface area contributed by atoms with E-state index in [4.69, 9.17) is 15.9 Å². The molecule has 9 atom stereocenters. The molecule has 8 heteroatoms. The number of aliphatic hydroxyl groups is 1. The van der Waals surface area contributed by atoms with Crippen molar-refractivity contribution >= 4 is 38.9 Å². The van der Waals surface area contributed by atoms with Crippen LogP contribution >= 0.6 is 38.9 Å². The number of ether oxygens (including phenoxy) is 2. The summed E-state index contributed by atoms with van der Waals surface area (Å²) in [7, 11) is 3.50. The van der Waals surface area contributed by atoms with E-state index in [0.717, 1.165) is 61.4 Å². The number of allylic oxidation sites excluding steroid dienone is 3. The highest BCUT2D eigenvalue weighted by Crippen LogP contribution is 2.65. The van der Waals surface area contributed by atoms with Crippen molar-refractivity contribution < 1.29 is 19.1 Å². The molecule has 2 aromatic carbocycles. The Hall–Kier alpha value is -1.86. The first-order chi connectivity index (χ1) is 23.7. The zero-order valence-electron chi connectivity index (χ0n) is 29.9. The lowest BCUT2D eigenvalue weighted by Gasteiger charge is -2.52. The Balaban J connectivity index is 0.000000153. The number of fused-ring (bicyclic) bond motifs is 10. The molecule has 0 amide bonds. The molecule has 1 N–H and O–H groups in total. The molecule has 0 saturated heterocycles. The lowest BCUT2D eigenvalue weighted by atomic mass is 9.53. The fraction of sp³-hybridized carbons (Fsp3) is 0.571. The Bertz CT molecular complexity index is 1720. The molecule has 50 heavy (non-hydrogen) atoms. The minimum atomic E-state index is -3.22. The molecule has 0 heterocycles. The molecule has 3 fully saturated rings. The summed E-state index contributed by atoms with van der Waals surface area (Å²) in [4.78, 5) is 0. The maximum absolute atomic E-state index is 11.0. The lowest BCUT2D eigenvalue weighted by molar-refractivity contribution is -0.0646. The van der Waals surface area contributed by atoms with Gasteiger partial charge < -0.3 is 14.6 Å². The molecule has 6 aliphatic carbocycles. The van der Waals surface area contributed by atoms with Gasteiger partial charge in [0.1, 0.15) is 17.1 Å².